The van der Waals surface area contributed by atoms with E-state index < -0.39 is 5.91 Å². The molecule has 0 radical (unpaired) electrons. The van der Waals surface area contributed by atoms with Crippen molar-refractivity contribution < 1.29 is 18.8 Å². The fourth-order valence-corrected chi connectivity index (χ4v) is 2.90. The van der Waals surface area contributed by atoms with Crippen LogP contribution in [0.4, 0.5) is 5.69 Å². The van der Waals surface area contributed by atoms with Crippen LogP contribution in [-0.4, -0.2) is 53.7 Å². The van der Waals surface area contributed by atoms with Gasteiger partial charge in [-0.15, -0.1) is 0 Å². The Morgan fingerprint density at radius 3 is 2.35 bits per heavy atom. The number of nitrogens with zero attached hydrogens (tertiary/aromatic N) is 2. The van der Waals surface area contributed by atoms with Crippen LogP contribution in [0.15, 0.2) is 47.1 Å². The monoisotopic (exact) mass is 375 g/mol. The molecule has 2 aromatic rings. The van der Waals surface area contributed by atoms with Gasteiger partial charge in [0.25, 0.3) is 5.91 Å². The zero-order valence-corrected chi connectivity index (χ0v) is 14.7. The molecule has 0 bridgehead atoms. The first-order chi connectivity index (χ1) is 12.5. The zero-order chi connectivity index (χ0) is 18.5. The summed E-state index contributed by atoms with van der Waals surface area (Å²) in [6.07, 6.45) is 1.18. The molecule has 1 saturated heterocycles. The molecule has 0 atom stereocenters. The maximum Gasteiger partial charge on any atom is 0.289 e. The molecular formula is C18H18ClN3O4. The number of benzene rings is 1. The number of hydrogen-bond acceptors (Lipinski definition) is 4. The largest absolute Gasteiger partial charge is 0.459 e. The molecule has 7 nitrogen and oxygen atoms in total. The van der Waals surface area contributed by atoms with Crippen LogP contribution in [0.25, 0.3) is 0 Å². The topological polar surface area (TPSA) is 82.9 Å². The van der Waals surface area contributed by atoms with Gasteiger partial charge in [-0.2, -0.15) is 0 Å². The molecule has 3 amide bonds. The zero-order valence-electron chi connectivity index (χ0n) is 14.0. The maximum atomic E-state index is 12.3. The number of anilines is 1. The van der Waals surface area contributed by atoms with Crippen molar-refractivity contribution in [3.8, 4) is 0 Å². The van der Waals surface area contributed by atoms with Crippen LogP contribution < -0.4 is 5.32 Å². The number of carbonyl (C=O) groups excluding carboxylic acids is 3. The van der Waals surface area contributed by atoms with Gasteiger partial charge < -0.3 is 19.5 Å². The molecule has 0 saturated carbocycles. The second-order valence-electron chi connectivity index (χ2n) is 5.86. The molecule has 1 fully saturated rings. The highest BCUT2D eigenvalue weighted by Gasteiger charge is 2.26. The Morgan fingerprint density at radius 1 is 1.00 bits per heavy atom. The number of halogens is 1. The van der Waals surface area contributed by atoms with E-state index in [2.05, 4.69) is 5.32 Å². The lowest BCUT2D eigenvalue weighted by Gasteiger charge is -2.34. The number of carbonyl (C=O) groups is 3. The van der Waals surface area contributed by atoms with E-state index in [0.29, 0.717) is 36.9 Å². The summed E-state index contributed by atoms with van der Waals surface area (Å²) < 4.78 is 5.11. The second-order valence-corrected chi connectivity index (χ2v) is 6.26. The average Bonchev–Trinajstić information content (AvgIpc) is 3.18. The van der Waals surface area contributed by atoms with Gasteiger partial charge in [0.05, 0.1) is 17.0 Å². The fraction of sp³-hybridized carbons (Fsp3) is 0.278. The Kier molecular flexibility index (Phi) is 5.58. The van der Waals surface area contributed by atoms with E-state index >= 15 is 0 Å². The van der Waals surface area contributed by atoms with E-state index in [9.17, 15) is 14.4 Å². The highest BCUT2D eigenvalue weighted by molar-refractivity contribution is 6.33. The number of hydrogen-bond donors (Lipinski definition) is 1. The van der Waals surface area contributed by atoms with Crippen molar-refractivity contribution in [2.24, 2.45) is 0 Å². The van der Waals surface area contributed by atoms with Crippen molar-refractivity contribution >= 4 is 35.0 Å². The average molecular weight is 376 g/mol. The van der Waals surface area contributed by atoms with Crippen molar-refractivity contribution in [3.05, 3.63) is 53.4 Å². The van der Waals surface area contributed by atoms with E-state index in [1.54, 1.807) is 46.2 Å². The van der Waals surface area contributed by atoms with Gasteiger partial charge in [0.2, 0.25) is 11.8 Å². The molecule has 2 heterocycles. The SMILES string of the molecule is O=C(CC(=O)N1CCN(C(=O)c2ccco2)CC1)Nc1ccccc1Cl. The predicted molar refractivity (Wildman–Crippen MR) is 95.9 cm³/mol. The van der Waals surface area contributed by atoms with Gasteiger partial charge in [-0.25, -0.2) is 0 Å². The Morgan fingerprint density at radius 2 is 1.69 bits per heavy atom. The Balaban J connectivity index is 1.48. The standard InChI is InChI=1S/C18H18ClN3O4/c19-13-4-1-2-5-14(13)20-16(23)12-17(24)21-7-9-22(10-8-21)18(25)15-6-3-11-26-15/h1-6,11H,7-10,12H2,(H,20,23). The summed E-state index contributed by atoms with van der Waals surface area (Å²) in [5.41, 5.74) is 0.473. The van der Waals surface area contributed by atoms with Crippen molar-refractivity contribution in [1.82, 2.24) is 9.80 Å². The van der Waals surface area contributed by atoms with E-state index in [1.165, 1.54) is 6.26 Å². The molecule has 3 rings (SSSR count). The Labute approximate surface area is 155 Å². The van der Waals surface area contributed by atoms with Gasteiger partial charge in [-0.05, 0) is 24.3 Å². The van der Waals surface area contributed by atoms with E-state index in [0.717, 1.165) is 0 Å². The number of para-hydroxylation sites is 1. The Bertz CT molecular complexity index is 799. The quantitative estimate of drug-likeness (QED) is 0.831. The summed E-state index contributed by atoms with van der Waals surface area (Å²) in [7, 11) is 0. The normalized spacial score (nSPS) is 14.2. The first-order valence-corrected chi connectivity index (χ1v) is 8.57. The number of nitrogens with one attached hydrogen (secondary N) is 1. The smallest absolute Gasteiger partial charge is 0.289 e. The van der Waals surface area contributed by atoms with Crippen molar-refractivity contribution in [1.29, 1.82) is 0 Å². The lowest BCUT2D eigenvalue weighted by Crippen LogP contribution is -2.51. The lowest BCUT2D eigenvalue weighted by atomic mass is 10.2. The van der Waals surface area contributed by atoms with Gasteiger partial charge in [0.1, 0.15) is 6.42 Å². The molecule has 26 heavy (non-hydrogen) atoms. The minimum absolute atomic E-state index is 0.196. The van der Waals surface area contributed by atoms with E-state index in [1.807, 2.05) is 0 Å². The van der Waals surface area contributed by atoms with Crippen LogP contribution in [0, 0.1) is 0 Å². The van der Waals surface area contributed by atoms with Crippen molar-refractivity contribution in [3.63, 3.8) is 0 Å². The third-order valence-corrected chi connectivity index (χ3v) is 4.44. The number of piperazine rings is 1. The number of rotatable bonds is 4. The summed E-state index contributed by atoms with van der Waals surface area (Å²) in [6, 6.07) is 10.1. The molecular weight excluding hydrogens is 358 g/mol. The molecule has 1 aromatic carbocycles. The van der Waals surface area contributed by atoms with E-state index in [-0.39, 0.29) is 24.0 Å². The fourth-order valence-electron chi connectivity index (χ4n) is 2.72. The van der Waals surface area contributed by atoms with Gasteiger partial charge >= 0.3 is 0 Å². The molecule has 0 unspecified atom stereocenters. The third kappa shape index (κ3) is 4.23. The molecule has 0 aliphatic carbocycles. The highest BCUT2D eigenvalue weighted by atomic mass is 35.5. The molecule has 1 aliphatic rings. The Hall–Kier alpha value is -2.80. The summed E-state index contributed by atoms with van der Waals surface area (Å²) >= 11 is 5.99. The van der Waals surface area contributed by atoms with Gasteiger partial charge in [0, 0.05) is 26.2 Å². The molecule has 8 heteroatoms. The van der Waals surface area contributed by atoms with Crippen LogP contribution >= 0.6 is 11.6 Å². The minimum atomic E-state index is -0.419. The van der Waals surface area contributed by atoms with Crippen LogP contribution in [-0.2, 0) is 9.59 Å². The highest BCUT2D eigenvalue weighted by Crippen LogP contribution is 2.20. The van der Waals surface area contributed by atoms with Crippen molar-refractivity contribution in [2.75, 3.05) is 31.5 Å². The van der Waals surface area contributed by atoms with Gasteiger partial charge in [-0.3, -0.25) is 14.4 Å². The molecule has 1 aromatic heterocycles. The van der Waals surface area contributed by atoms with Crippen LogP contribution in [0.5, 0.6) is 0 Å². The van der Waals surface area contributed by atoms with Crippen LogP contribution in [0.3, 0.4) is 0 Å². The number of furan rings is 1. The summed E-state index contributed by atoms with van der Waals surface area (Å²) in [4.78, 5) is 39.8. The van der Waals surface area contributed by atoms with Crippen molar-refractivity contribution in [2.45, 2.75) is 6.42 Å². The second kappa shape index (κ2) is 8.05. The molecule has 136 valence electrons. The summed E-state index contributed by atoms with van der Waals surface area (Å²) in [5, 5.41) is 3.05. The maximum absolute atomic E-state index is 12.3. The lowest BCUT2D eigenvalue weighted by molar-refractivity contribution is -0.135. The summed E-state index contributed by atoms with van der Waals surface area (Å²) in [5.74, 6) is -0.612. The first kappa shape index (κ1) is 18.0. The van der Waals surface area contributed by atoms with Gasteiger partial charge in [0.15, 0.2) is 5.76 Å². The van der Waals surface area contributed by atoms with Crippen LogP contribution in [0.1, 0.15) is 17.0 Å². The predicted octanol–water partition coefficient (Wildman–Crippen LogP) is 2.25. The molecule has 1 aliphatic heterocycles. The minimum Gasteiger partial charge on any atom is -0.459 e. The molecule has 1 N–H and O–H groups in total. The number of amides is 3. The van der Waals surface area contributed by atoms with Gasteiger partial charge in [-0.1, -0.05) is 23.7 Å². The third-order valence-electron chi connectivity index (χ3n) is 4.11. The molecule has 0 spiro atoms. The first-order valence-electron chi connectivity index (χ1n) is 8.19. The van der Waals surface area contributed by atoms with Crippen LogP contribution in [0.2, 0.25) is 5.02 Å². The van der Waals surface area contributed by atoms with E-state index in [4.69, 9.17) is 16.0 Å². The summed E-state index contributed by atoms with van der Waals surface area (Å²) in [6.45, 7) is 1.56.